The van der Waals surface area contributed by atoms with Gasteiger partial charge < -0.3 is 50.1 Å². The van der Waals surface area contributed by atoms with Crippen molar-refractivity contribution in [1.82, 2.24) is 35.1 Å². The molecule has 1 aliphatic heterocycles. The number of anilines is 1. The van der Waals surface area contributed by atoms with Gasteiger partial charge in [-0.3, -0.25) is 14.5 Å². The number of halogens is 2. The van der Waals surface area contributed by atoms with E-state index in [0.29, 0.717) is 148 Å². The van der Waals surface area contributed by atoms with Gasteiger partial charge in [0.05, 0.1) is 28.8 Å². The number of nitrogens with one attached hydrogen (secondary N) is 2. The lowest BCUT2D eigenvalue weighted by Crippen LogP contribution is -2.49. The average Bonchev–Trinajstić information content (AvgIpc) is 2.06. The minimum absolute atomic E-state index is 0.0263. The maximum Gasteiger partial charge on any atom is 0.410 e. The molecule has 0 spiro atoms. The molecule has 83 heavy (non-hydrogen) atoms. The van der Waals surface area contributed by atoms with Gasteiger partial charge in [0.25, 0.3) is 0 Å². The Kier molecular flexibility index (Phi) is 20.1. The SMILES string of the molecule is COc1ccccc1-c1nccc(COc2ccccc2CC(Oc2ncnc3sc(-c4ccc(F)cc4)c(-c4ccc(OCCN5CCN(C(=O)OCc6ccc(NC(=O)C(CCCCN)NC=O)cc6)CC5)c(Cl)c4C)c23)C(=O)O)n1. The highest BCUT2D eigenvalue weighted by atomic mass is 35.5. The summed E-state index contributed by atoms with van der Waals surface area (Å²) in [5.41, 5.74) is 11.4. The molecule has 3 aromatic heterocycles. The number of piperazine rings is 1. The van der Waals surface area contributed by atoms with Crippen molar-refractivity contribution in [2.24, 2.45) is 5.73 Å². The number of thiophene rings is 1. The van der Waals surface area contributed by atoms with Crippen LogP contribution in [0.4, 0.5) is 14.9 Å². The quantitative estimate of drug-likeness (QED) is 0.0291. The number of hydrogen-bond donors (Lipinski definition) is 4. The molecule has 1 aliphatic rings. The van der Waals surface area contributed by atoms with E-state index in [4.69, 9.17) is 46.0 Å². The Bertz CT molecular complexity index is 3550. The van der Waals surface area contributed by atoms with Crippen LogP contribution in [0.5, 0.6) is 23.1 Å². The number of carboxylic acid groups (broad SMARTS) is 1. The first-order valence-electron chi connectivity index (χ1n) is 26.9. The van der Waals surface area contributed by atoms with Gasteiger partial charge in [0, 0.05) is 61.5 Å². The molecule has 2 unspecified atom stereocenters. The molecule has 4 heterocycles. The third-order valence-corrected chi connectivity index (χ3v) is 15.6. The van der Waals surface area contributed by atoms with Crippen molar-refractivity contribution >= 4 is 63.2 Å². The fourth-order valence-corrected chi connectivity index (χ4v) is 10.8. The molecule has 1 saturated heterocycles. The van der Waals surface area contributed by atoms with Gasteiger partial charge in [-0.2, -0.15) is 0 Å². The molecule has 3 amide bonds. The predicted molar refractivity (Wildman–Crippen MR) is 313 cm³/mol. The summed E-state index contributed by atoms with van der Waals surface area (Å²) in [7, 11) is 1.58. The Morgan fingerprint density at radius 3 is 2.36 bits per heavy atom. The summed E-state index contributed by atoms with van der Waals surface area (Å²) in [4.78, 5) is 73.3. The Hall–Kier alpha value is -8.76. The van der Waals surface area contributed by atoms with Crippen LogP contribution in [0.15, 0.2) is 128 Å². The standard InChI is InChI=1S/C61H61ClFN9O10S/c1-38-45(22-23-50(54(38)62)79-32-31-71-27-29-72(30-28-71)61(77)81-34-39-14-20-43(21-15-39)70-57(74)47(68-37-73)11-7-8-25-64)52-53-58(66-36-67-59(53)83-55(52)40-16-18-42(63)19-17-40)82-51(60(75)76)33-41-9-3-5-12-48(41)80-35-44-24-26-65-56(69-44)46-10-4-6-13-49(46)78-2/h3-6,9-10,12-24,26,36-37,47,51H,7-8,11,25,27-35,64H2,1-2H3,(H,68,73)(H,70,74)(H,75,76). The lowest BCUT2D eigenvalue weighted by molar-refractivity contribution is -0.145. The van der Waals surface area contributed by atoms with Crippen LogP contribution in [0.25, 0.3) is 43.2 Å². The van der Waals surface area contributed by atoms with E-state index in [2.05, 4.69) is 30.5 Å². The number of fused-ring (bicyclic) bond motifs is 1. The summed E-state index contributed by atoms with van der Waals surface area (Å²) < 4.78 is 44.5. The molecule has 0 bridgehead atoms. The maximum absolute atomic E-state index is 14.4. The molecule has 5 aromatic carbocycles. The number of benzene rings is 5. The first kappa shape index (κ1) is 58.9. The average molecular weight is 1170 g/mol. The molecule has 0 saturated carbocycles. The molecule has 0 radical (unpaired) electrons. The van der Waals surface area contributed by atoms with Gasteiger partial charge in [-0.15, -0.1) is 11.3 Å². The minimum Gasteiger partial charge on any atom is -0.496 e. The fourth-order valence-electron chi connectivity index (χ4n) is 9.47. The number of amides is 3. The van der Waals surface area contributed by atoms with Gasteiger partial charge >= 0.3 is 12.1 Å². The Morgan fingerprint density at radius 1 is 0.855 bits per heavy atom. The Labute approximate surface area is 487 Å². The number of hydrogen-bond acceptors (Lipinski definition) is 16. The first-order valence-corrected chi connectivity index (χ1v) is 28.1. The van der Waals surface area contributed by atoms with Crippen molar-refractivity contribution in [3.05, 3.63) is 161 Å². The molecular formula is C61H61ClFN9O10S. The van der Waals surface area contributed by atoms with Gasteiger partial charge in [-0.05, 0) is 115 Å². The van der Waals surface area contributed by atoms with Crippen molar-refractivity contribution in [2.45, 2.75) is 58.0 Å². The molecular weight excluding hydrogens is 1110 g/mol. The number of carbonyl (C=O) groups excluding carboxylic acids is 3. The largest absolute Gasteiger partial charge is 0.496 e. The smallest absolute Gasteiger partial charge is 0.410 e. The number of para-hydroxylation sites is 2. The van der Waals surface area contributed by atoms with Crippen molar-refractivity contribution in [2.75, 3.05) is 58.3 Å². The van der Waals surface area contributed by atoms with Crippen LogP contribution < -0.4 is 35.3 Å². The zero-order valence-electron chi connectivity index (χ0n) is 45.6. The van der Waals surface area contributed by atoms with Gasteiger partial charge in [0.15, 0.2) is 5.82 Å². The molecule has 22 heteroatoms. The maximum atomic E-state index is 14.4. The summed E-state index contributed by atoms with van der Waals surface area (Å²) in [6.07, 6.45) is 3.43. The molecule has 19 nitrogen and oxygen atoms in total. The van der Waals surface area contributed by atoms with Gasteiger partial charge in [0.2, 0.25) is 24.3 Å². The Balaban J connectivity index is 0.839. The van der Waals surface area contributed by atoms with E-state index in [-0.39, 0.29) is 31.4 Å². The van der Waals surface area contributed by atoms with Crippen LogP contribution in [0.1, 0.15) is 41.6 Å². The third-order valence-electron chi connectivity index (χ3n) is 13.9. The minimum atomic E-state index is -1.43. The number of carboxylic acids is 1. The number of nitrogens with two attached hydrogens (primary N) is 1. The monoisotopic (exact) mass is 1170 g/mol. The van der Waals surface area contributed by atoms with Crippen LogP contribution in [0.3, 0.4) is 0 Å². The number of unbranched alkanes of at least 4 members (excludes halogenated alkanes) is 1. The lowest BCUT2D eigenvalue weighted by atomic mass is 9.96. The predicted octanol–water partition coefficient (Wildman–Crippen LogP) is 9.76. The second kappa shape index (κ2) is 28.3. The molecule has 0 aliphatic carbocycles. The second-order valence-corrected chi connectivity index (χ2v) is 20.8. The van der Waals surface area contributed by atoms with Gasteiger partial charge in [-0.1, -0.05) is 72.3 Å². The second-order valence-electron chi connectivity index (χ2n) is 19.4. The third kappa shape index (κ3) is 14.8. The molecule has 1 fully saturated rings. The number of aromatic nitrogens is 4. The molecule has 2 atom stereocenters. The zero-order valence-corrected chi connectivity index (χ0v) is 47.2. The topological polar surface area (TPSA) is 243 Å². The van der Waals surface area contributed by atoms with Gasteiger partial charge in [-0.25, -0.2) is 33.9 Å². The highest BCUT2D eigenvalue weighted by molar-refractivity contribution is 7.22. The van der Waals surface area contributed by atoms with E-state index in [1.807, 2.05) is 37.3 Å². The lowest BCUT2D eigenvalue weighted by Gasteiger charge is -2.34. The number of carbonyl (C=O) groups is 4. The molecule has 5 N–H and O–H groups in total. The molecule has 430 valence electrons. The summed E-state index contributed by atoms with van der Waals surface area (Å²) >= 11 is 8.47. The van der Waals surface area contributed by atoms with Crippen LogP contribution in [0, 0.1) is 12.7 Å². The number of aliphatic carboxylic acids is 1. The van der Waals surface area contributed by atoms with Crippen LogP contribution in [0.2, 0.25) is 5.02 Å². The van der Waals surface area contributed by atoms with Crippen LogP contribution >= 0.6 is 22.9 Å². The van der Waals surface area contributed by atoms with E-state index in [9.17, 15) is 28.7 Å². The fraction of sp³-hybridized carbons (Fsp3) is 0.279. The summed E-state index contributed by atoms with van der Waals surface area (Å²) in [6.45, 7) is 5.41. The molecule has 9 rings (SSSR count). The summed E-state index contributed by atoms with van der Waals surface area (Å²) in [6, 6.07) is 32.3. The normalized spacial score (nSPS) is 13.2. The van der Waals surface area contributed by atoms with Crippen molar-refractivity contribution in [3.8, 4) is 56.1 Å². The first-order chi connectivity index (χ1) is 40.4. The number of nitrogens with zero attached hydrogens (tertiary/aromatic N) is 6. The van der Waals surface area contributed by atoms with Crippen LogP contribution in [-0.2, 0) is 38.8 Å². The van der Waals surface area contributed by atoms with Crippen molar-refractivity contribution < 1.29 is 52.4 Å². The number of ether oxygens (including phenoxy) is 5. The summed E-state index contributed by atoms with van der Waals surface area (Å²) in [5, 5.41) is 16.9. The van der Waals surface area contributed by atoms with Crippen LogP contribution in [-0.4, -0.2) is 124 Å². The van der Waals surface area contributed by atoms with Crippen molar-refractivity contribution in [1.29, 1.82) is 0 Å². The van der Waals surface area contributed by atoms with E-state index in [1.54, 1.807) is 91.0 Å². The Morgan fingerprint density at radius 2 is 1.61 bits per heavy atom. The van der Waals surface area contributed by atoms with E-state index in [1.165, 1.54) is 29.8 Å². The zero-order chi connectivity index (χ0) is 58.2. The highest BCUT2D eigenvalue weighted by Crippen LogP contribution is 2.49. The number of rotatable bonds is 26. The van der Waals surface area contributed by atoms with E-state index in [0.717, 1.165) is 17.5 Å². The van der Waals surface area contributed by atoms with E-state index >= 15 is 0 Å². The van der Waals surface area contributed by atoms with Gasteiger partial charge in [0.1, 0.15) is 60.1 Å². The number of methoxy groups -OCH3 is 1. The molecule has 8 aromatic rings. The van der Waals surface area contributed by atoms with Crippen molar-refractivity contribution in [3.63, 3.8) is 0 Å². The summed E-state index contributed by atoms with van der Waals surface area (Å²) in [5.74, 6) is 0.0240. The van der Waals surface area contributed by atoms with E-state index < -0.39 is 30.0 Å². The highest BCUT2D eigenvalue weighted by Gasteiger charge is 2.29.